The molecule has 1 aromatic rings. The van der Waals surface area contributed by atoms with E-state index >= 15 is 0 Å². The molecule has 1 aromatic carbocycles. The minimum Gasteiger partial charge on any atom is -0.383 e. The Morgan fingerprint density at radius 2 is 2.00 bits per heavy atom. The first-order valence-corrected chi connectivity index (χ1v) is 7.82. The molecule has 0 saturated carbocycles. The first-order chi connectivity index (χ1) is 10.3. The smallest absolute Gasteiger partial charge is 0.193 e. The Balaban J connectivity index is 1.77. The van der Waals surface area contributed by atoms with Gasteiger partial charge in [-0.25, -0.2) is 0 Å². The number of likely N-dealkylation sites (tertiary alicyclic amines) is 1. The fraction of sp³-hybridized carbons (Fsp3) is 0.588. The topological polar surface area (TPSA) is 36.9 Å². The molecular weight excluding hydrogens is 262 g/mol. The van der Waals surface area contributed by atoms with Crippen molar-refractivity contribution in [3.8, 4) is 0 Å². The number of nitrogens with one attached hydrogen (secondary N) is 1. The molecule has 2 rings (SSSR count). The Labute approximate surface area is 128 Å². The zero-order valence-corrected chi connectivity index (χ0v) is 13.2. The molecule has 1 aliphatic rings. The monoisotopic (exact) mass is 289 g/mol. The second kappa shape index (κ2) is 8.67. The Morgan fingerprint density at radius 3 is 2.62 bits per heavy atom. The molecule has 1 fully saturated rings. The van der Waals surface area contributed by atoms with Crippen LogP contribution in [0.5, 0.6) is 0 Å². The molecule has 1 heterocycles. The van der Waals surface area contributed by atoms with Crippen LogP contribution in [0, 0.1) is 5.92 Å². The standard InChI is InChI=1S/C17H27N3O/c1-18-17(19-10-13-21-2)20-11-8-16(9-12-20)14-15-6-4-3-5-7-15/h3-7,16H,8-14H2,1-2H3,(H,18,19). The maximum atomic E-state index is 5.07. The quantitative estimate of drug-likeness (QED) is 0.513. The molecule has 116 valence electrons. The van der Waals surface area contributed by atoms with Crippen molar-refractivity contribution >= 4 is 5.96 Å². The normalized spacial score (nSPS) is 17.0. The molecule has 0 radical (unpaired) electrons. The van der Waals surface area contributed by atoms with Crippen molar-refractivity contribution in [3.05, 3.63) is 35.9 Å². The van der Waals surface area contributed by atoms with Crippen LogP contribution in [-0.2, 0) is 11.2 Å². The van der Waals surface area contributed by atoms with Gasteiger partial charge in [-0.15, -0.1) is 0 Å². The number of methoxy groups -OCH3 is 1. The van der Waals surface area contributed by atoms with Crippen molar-refractivity contribution in [2.75, 3.05) is 40.4 Å². The molecule has 0 amide bonds. The molecule has 4 nitrogen and oxygen atoms in total. The number of rotatable bonds is 5. The van der Waals surface area contributed by atoms with Gasteiger partial charge in [-0.3, -0.25) is 4.99 Å². The van der Waals surface area contributed by atoms with Crippen LogP contribution >= 0.6 is 0 Å². The summed E-state index contributed by atoms with van der Waals surface area (Å²) in [6.45, 7) is 3.70. The van der Waals surface area contributed by atoms with Crippen LogP contribution in [0.3, 0.4) is 0 Å². The number of hydrogen-bond acceptors (Lipinski definition) is 2. The highest BCUT2D eigenvalue weighted by Crippen LogP contribution is 2.21. The fourth-order valence-electron chi connectivity index (χ4n) is 2.89. The first-order valence-electron chi connectivity index (χ1n) is 7.82. The average molecular weight is 289 g/mol. The zero-order valence-electron chi connectivity index (χ0n) is 13.2. The molecule has 1 saturated heterocycles. The summed E-state index contributed by atoms with van der Waals surface area (Å²) in [5.74, 6) is 1.80. The molecule has 1 N–H and O–H groups in total. The maximum Gasteiger partial charge on any atom is 0.193 e. The van der Waals surface area contributed by atoms with Gasteiger partial charge >= 0.3 is 0 Å². The number of ether oxygens (including phenoxy) is 1. The molecule has 0 atom stereocenters. The van der Waals surface area contributed by atoms with Gasteiger partial charge in [0.1, 0.15) is 0 Å². The highest BCUT2D eigenvalue weighted by atomic mass is 16.5. The molecule has 21 heavy (non-hydrogen) atoms. The molecule has 0 aliphatic carbocycles. The summed E-state index contributed by atoms with van der Waals surface area (Å²) < 4.78 is 5.07. The van der Waals surface area contributed by atoms with Crippen molar-refractivity contribution < 1.29 is 4.74 Å². The highest BCUT2D eigenvalue weighted by Gasteiger charge is 2.21. The van der Waals surface area contributed by atoms with E-state index in [2.05, 4.69) is 45.5 Å². The average Bonchev–Trinajstić information content (AvgIpc) is 2.54. The maximum absolute atomic E-state index is 5.07. The van der Waals surface area contributed by atoms with Gasteiger partial charge in [0.25, 0.3) is 0 Å². The number of nitrogens with zero attached hydrogens (tertiary/aromatic N) is 2. The number of hydrogen-bond donors (Lipinski definition) is 1. The Bertz CT molecular complexity index is 425. The minimum atomic E-state index is 0.712. The van der Waals surface area contributed by atoms with Gasteiger partial charge in [-0.2, -0.15) is 0 Å². The summed E-state index contributed by atoms with van der Waals surface area (Å²) in [6, 6.07) is 10.8. The van der Waals surface area contributed by atoms with E-state index in [0.717, 1.165) is 31.5 Å². The van der Waals surface area contributed by atoms with Gasteiger partial charge < -0.3 is 15.0 Å². The van der Waals surface area contributed by atoms with Crippen molar-refractivity contribution in [3.63, 3.8) is 0 Å². The largest absolute Gasteiger partial charge is 0.383 e. The SMILES string of the molecule is CN=C(NCCOC)N1CCC(Cc2ccccc2)CC1. The lowest BCUT2D eigenvalue weighted by Crippen LogP contribution is -2.46. The summed E-state index contributed by atoms with van der Waals surface area (Å²) in [7, 11) is 3.57. The summed E-state index contributed by atoms with van der Waals surface area (Å²) >= 11 is 0. The third-order valence-corrected chi connectivity index (χ3v) is 4.08. The molecule has 0 bridgehead atoms. The fourth-order valence-corrected chi connectivity index (χ4v) is 2.89. The van der Waals surface area contributed by atoms with Gasteiger partial charge in [0.2, 0.25) is 0 Å². The van der Waals surface area contributed by atoms with Gasteiger partial charge in [0, 0.05) is 33.8 Å². The van der Waals surface area contributed by atoms with Crippen LogP contribution in [0.4, 0.5) is 0 Å². The Hall–Kier alpha value is -1.55. The predicted octanol–water partition coefficient (Wildman–Crippen LogP) is 2.16. The van der Waals surface area contributed by atoms with E-state index in [-0.39, 0.29) is 0 Å². The summed E-state index contributed by atoms with van der Waals surface area (Å²) in [4.78, 5) is 6.73. The van der Waals surface area contributed by atoms with Crippen molar-refractivity contribution in [2.24, 2.45) is 10.9 Å². The summed E-state index contributed by atoms with van der Waals surface area (Å²) in [6.07, 6.45) is 3.67. The molecule has 4 heteroatoms. The summed E-state index contributed by atoms with van der Waals surface area (Å²) in [5, 5.41) is 3.36. The van der Waals surface area contributed by atoms with Crippen LogP contribution in [0.1, 0.15) is 18.4 Å². The van der Waals surface area contributed by atoms with E-state index < -0.39 is 0 Å². The Morgan fingerprint density at radius 1 is 1.29 bits per heavy atom. The van der Waals surface area contributed by atoms with Crippen LogP contribution < -0.4 is 5.32 Å². The number of piperidine rings is 1. The van der Waals surface area contributed by atoms with E-state index in [4.69, 9.17) is 4.74 Å². The molecular formula is C17H27N3O. The molecule has 0 spiro atoms. The second-order valence-electron chi connectivity index (χ2n) is 5.59. The molecule has 0 aromatic heterocycles. The number of guanidine groups is 1. The number of aliphatic imine (C=N–C) groups is 1. The molecule has 0 unspecified atom stereocenters. The van der Waals surface area contributed by atoms with Gasteiger partial charge in [-0.1, -0.05) is 30.3 Å². The van der Waals surface area contributed by atoms with Crippen LogP contribution in [0.15, 0.2) is 35.3 Å². The van der Waals surface area contributed by atoms with Crippen LogP contribution in [0.25, 0.3) is 0 Å². The summed E-state index contributed by atoms with van der Waals surface area (Å²) in [5.41, 5.74) is 1.46. The van der Waals surface area contributed by atoms with Gasteiger partial charge in [0.05, 0.1) is 6.61 Å². The lowest BCUT2D eigenvalue weighted by Gasteiger charge is -2.34. The first kappa shape index (κ1) is 15.8. The Kier molecular flexibility index (Phi) is 6.54. The van der Waals surface area contributed by atoms with Crippen LogP contribution in [0.2, 0.25) is 0 Å². The van der Waals surface area contributed by atoms with E-state index in [1.165, 1.54) is 24.8 Å². The third kappa shape index (κ3) is 5.05. The van der Waals surface area contributed by atoms with E-state index in [1.54, 1.807) is 7.11 Å². The van der Waals surface area contributed by atoms with Gasteiger partial charge in [-0.05, 0) is 30.7 Å². The van der Waals surface area contributed by atoms with Gasteiger partial charge in [0.15, 0.2) is 5.96 Å². The van der Waals surface area contributed by atoms with Crippen molar-refractivity contribution in [1.82, 2.24) is 10.2 Å². The second-order valence-corrected chi connectivity index (χ2v) is 5.59. The zero-order chi connectivity index (χ0) is 14.9. The third-order valence-electron chi connectivity index (χ3n) is 4.08. The highest BCUT2D eigenvalue weighted by molar-refractivity contribution is 5.79. The van der Waals surface area contributed by atoms with Crippen molar-refractivity contribution in [2.45, 2.75) is 19.3 Å². The van der Waals surface area contributed by atoms with E-state index in [9.17, 15) is 0 Å². The van der Waals surface area contributed by atoms with E-state index in [0.29, 0.717) is 6.61 Å². The molecule has 1 aliphatic heterocycles. The van der Waals surface area contributed by atoms with Crippen molar-refractivity contribution in [1.29, 1.82) is 0 Å². The van der Waals surface area contributed by atoms with Crippen LogP contribution in [-0.4, -0.2) is 51.3 Å². The lowest BCUT2D eigenvalue weighted by atomic mass is 9.90. The minimum absolute atomic E-state index is 0.712. The number of benzene rings is 1. The lowest BCUT2D eigenvalue weighted by molar-refractivity contribution is 0.200. The van der Waals surface area contributed by atoms with E-state index in [1.807, 2.05) is 7.05 Å². The predicted molar refractivity (Wildman–Crippen MR) is 87.7 cm³/mol.